The van der Waals surface area contributed by atoms with Gasteiger partial charge in [-0.1, -0.05) is 54.6 Å². The predicted octanol–water partition coefficient (Wildman–Crippen LogP) is 3.27. The molecule has 0 N–H and O–H groups in total. The van der Waals surface area contributed by atoms with E-state index < -0.39 is 22.6 Å². The highest BCUT2D eigenvalue weighted by Crippen LogP contribution is 2.05. The third kappa shape index (κ3) is 6.75. The molecule has 7 heteroatoms. The van der Waals surface area contributed by atoms with E-state index in [9.17, 15) is 18.0 Å². The van der Waals surface area contributed by atoms with Gasteiger partial charge in [-0.25, -0.2) is 27.8 Å². The van der Waals surface area contributed by atoms with Gasteiger partial charge >= 0.3 is 11.9 Å². The lowest BCUT2D eigenvalue weighted by Crippen LogP contribution is -2.11. The van der Waals surface area contributed by atoms with Gasteiger partial charge < -0.3 is 0 Å². The van der Waals surface area contributed by atoms with Gasteiger partial charge in [0, 0.05) is 0 Å². The van der Waals surface area contributed by atoms with Gasteiger partial charge in [-0.15, -0.1) is 0 Å². The average Bonchev–Trinajstić information content (AvgIpc) is 2.74. The van der Waals surface area contributed by atoms with Gasteiger partial charge in [0.1, 0.15) is 0 Å². The second-order valence-corrected chi connectivity index (χ2v) is 6.10. The molecule has 0 saturated carbocycles. The number of carbonyl (C=O) groups excluding carboxylic acids is 2. The van der Waals surface area contributed by atoms with E-state index in [0.717, 1.165) is 0 Å². The smallest absolute Gasteiger partial charge is 0.242 e. The van der Waals surface area contributed by atoms with Crippen LogP contribution in [0.5, 0.6) is 0 Å². The zero-order chi connectivity index (χ0) is 19.5. The van der Waals surface area contributed by atoms with Crippen LogP contribution in [-0.4, -0.2) is 20.4 Å². The molecule has 0 saturated heterocycles. The van der Waals surface area contributed by atoms with Crippen LogP contribution in [0.2, 0.25) is 0 Å². The van der Waals surface area contributed by atoms with E-state index in [1.807, 2.05) is 0 Å². The van der Waals surface area contributed by atoms with Crippen LogP contribution in [0.4, 0.5) is 0 Å². The summed E-state index contributed by atoms with van der Waals surface area (Å²) in [6.45, 7) is 0. The Balaban J connectivity index is 0.000000244. The summed E-state index contributed by atoms with van der Waals surface area (Å²) in [4.78, 5) is 32.2. The molecule has 0 fully saturated rings. The molecule has 0 atom stereocenters. The first-order valence-corrected chi connectivity index (χ1v) is 8.98. The van der Waals surface area contributed by atoms with Crippen molar-refractivity contribution in [2.45, 2.75) is 4.90 Å². The number of hydrogen-bond donors (Lipinski definition) is 1. The van der Waals surface area contributed by atoms with Gasteiger partial charge in [-0.05, 0) is 36.4 Å². The second kappa shape index (κ2) is 10.5. The summed E-state index contributed by atoms with van der Waals surface area (Å²) in [5.74, 6) is -1.42. The summed E-state index contributed by atoms with van der Waals surface area (Å²) in [5.41, 5.74) is 0.636. The molecular formula is C20H16O6S. The first-order valence-electron chi connectivity index (χ1n) is 7.80. The van der Waals surface area contributed by atoms with Gasteiger partial charge in [-0.2, -0.15) is 0 Å². The van der Waals surface area contributed by atoms with E-state index in [-0.39, 0.29) is 0 Å². The van der Waals surface area contributed by atoms with Crippen molar-refractivity contribution in [1.29, 1.82) is 0 Å². The summed E-state index contributed by atoms with van der Waals surface area (Å²) < 4.78 is 20.5. The minimum atomic E-state index is -2.40. The van der Waals surface area contributed by atoms with Crippen LogP contribution in [-0.2, 0) is 20.5 Å². The van der Waals surface area contributed by atoms with E-state index in [1.165, 1.54) is 0 Å². The lowest BCUT2D eigenvalue weighted by Gasteiger charge is -2.02. The van der Waals surface area contributed by atoms with Gasteiger partial charge in [0.25, 0.3) is 0 Å². The number of thiol groups is 1. The molecule has 138 valence electrons. The molecule has 0 amide bonds. The van der Waals surface area contributed by atoms with Gasteiger partial charge in [0.05, 0.1) is 16.0 Å². The van der Waals surface area contributed by atoms with Crippen molar-refractivity contribution in [3.63, 3.8) is 0 Å². The molecule has 3 aromatic carbocycles. The van der Waals surface area contributed by atoms with Crippen LogP contribution >= 0.6 is 0 Å². The van der Waals surface area contributed by atoms with Gasteiger partial charge in [0.15, 0.2) is 10.7 Å². The fourth-order valence-corrected chi connectivity index (χ4v) is 2.29. The Morgan fingerprint density at radius 3 is 1.19 bits per heavy atom. The highest BCUT2D eigenvalue weighted by atomic mass is 32.2. The summed E-state index contributed by atoms with van der Waals surface area (Å²) >= 11 is 0. The SMILES string of the molecule is O=C(OOC(=O)c1ccccc1)c1ccccc1.O=[SH](=O)c1ccccc1. The van der Waals surface area contributed by atoms with Crippen LogP contribution in [0.1, 0.15) is 20.7 Å². The first-order chi connectivity index (χ1) is 13.1. The lowest BCUT2D eigenvalue weighted by atomic mass is 10.2. The average molecular weight is 384 g/mol. The molecule has 0 aliphatic carbocycles. The van der Waals surface area contributed by atoms with Crippen molar-refractivity contribution in [1.82, 2.24) is 0 Å². The lowest BCUT2D eigenvalue weighted by molar-refractivity contribution is -0.187. The molecule has 3 aromatic rings. The van der Waals surface area contributed by atoms with Crippen molar-refractivity contribution < 1.29 is 27.8 Å². The van der Waals surface area contributed by atoms with E-state index in [1.54, 1.807) is 91.0 Å². The van der Waals surface area contributed by atoms with Gasteiger partial charge in [0.2, 0.25) is 0 Å². The van der Waals surface area contributed by atoms with E-state index in [2.05, 4.69) is 9.78 Å². The Hall–Kier alpha value is -3.45. The van der Waals surface area contributed by atoms with Crippen molar-refractivity contribution in [3.8, 4) is 0 Å². The zero-order valence-corrected chi connectivity index (χ0v) is 15.0. The van der Waals surface area contributed by atoms with Crippen LogP contribution in [0.25, 0.3) is 0 Å². The van der Waals surface area contributed by atoms with Crippen LogP contribution in [0.15, 0.2) is 95.9 Å². The first kappa shape index (κ1) is 19.9. The normalized spacial score (nSPS) is 9.67. The molecule has 0 aliphatic rings. The number of benzene rings is 3. The number of hydrogen-bond acceptors (Lipinski definition) is 6. The molecule has 3 rings (SSSR count). The molecule has 0 aromatic heterocycles. The predicted molar refractivity (Wildman–Crippen MR) is 98.7 cm³/mol. The maximum atomic E-state index is 11.5. The monoisotopic (exact) mass is 384 g/mol. The van der Waals surface area contributed by atoms with Crippen LogP contribution < -0.4 is 0 Å². The van der Waals surface area contributed by atoms with E-state index in [0.29, 0.717) is 16.0 Å². The van der Waals surface area contributed by atoms with Crippen molar-refractivity contribution in [3.05, 3.63) is 102 Å². The molecular weight excluding hydrogens is 368 g/mol. The van der Waals surface area contributed by atoms with Crippen molar-refractivity contribution >= 4 is 22.6 Å². The maximum absolute atomic E-state index is 11.5. The van der Waals surface area contributed by atoms with Crippen LogP contribution in [0, 0.1) is 0 Å². The number of carbonyl (C=O) groups is 2. The Labute approximate surface area is 157 Å². The Morgan fingerprint density at radius 2 is 0.889 bits per heavy atom. The highest BCUT2D eigenvalue weighted by Gasteiger charge is 2.12. The maximum Gasteiger partial charge on any atom is 0.386 e. The van der Waals surface area contributed by atoms with E-state index in [4.69, 9.17) is 0 Å². The largest absolute Gasteiger partial charge is 0.386 e. The van der Waals surface area contributed by atoms with Crippen molar-refractivity contribution in [2.24, 2.45) is 0 Å². The molecule has 0 radical (unpaired) electrons. The van der Waals surface area contributed by atoms with Gasteiger partial charge in [-0.3, -0.25) is 0 Å². The molecule has 6 nitrogen and oxygen atoms in total. The number of rotatable bonds is 3. The molecule has 0 spiro atoms. The second-order valence-electron chi connectivity index (χ2n) is 5.07. The summed E-state index contributed by atoms with van der Waals surface area (Å²) in [5, 5.41) is 0. The third-order valence-electron chi connectivity index (χ3n) is 3.18. The molecule has 0 heterocycles. The fourth-order valence-electron chi connectivity index (χ4n) is 1.87. The van der Waals surface area contributed by atoms with Crippen LogP contribution in [0.3, 0.4) is 0 Å². The minimum Gasteiger partial charge on any atom is -0.242 e. The molecule has 0 bridgehead atoms. The molecule has 0 unspecified atom stereocenters. The standard InChI is InChI=1S/C14H10O4.C6H6O2S/c15-13(11-7-3-1-4-8-11)17-18-14(16)12-9-5-2-6-10-12;7-9(8)6-4-2-1-3-5-6/h1-10H;1-5,9H. The van der Waals surface area contributed by atoms with Crippen molar-refractivity contribution in [2.75, 3.05) is 0 Å². The third-order valence-corrected chi connectivity index (χ3v) is 3.90. The topological polar surface area (TPSA) is 86.7 Å². The fraction of sp³-hybridized carbons (Fsp3) is 0. The highest BCUT2D eigenvalue weighted by molar-refractivity contribution is 7.72. The summed E-state index contributed by atoms with van der Waals surface area (Å²) in [6.07, 6.45) is 0. The minimum absolute atomic E-state index is 0.318. The Kier molecular flexibility index (Phi) is 7.74. The zero-order valence-electron chi connectivity index (χ0n) is 14.1. The van der Waals surface area contributed by atoms with E-state index >= 15 is 0 Å². The summed E-state index contributed by atoms with van der Waals surface area (Å²) in [6, 6.07) is 24.9. The Morgan fingerprint density at radius 1 is 0.556 bits per heavy atom. The molecule has 0 aliphatic heterocycles. The Bertz CT molecular complexity index is 878. The summed E-state index contributed by atoms with van der Waals surface area (Å²) in [7, 11) is -2.40. The molecule has 27 heavy (non-hydrogen) atoms. The quantitative estimate of drug-likeness (QED) is 0.424.